The Morgan fingerprint density at radius 1 is 1.37 bits per heavy atom. The monoisotopic (exact) mass is 275 g/mol. The molecule has 8 heteroatoms. The van der Waals surface area contributed by atoms with Gasteiger partial charge in [0.25, 0.3) is 0 Å². The minimum absolute atomic E-state index is 0.00406. The SMILES string of the molecule is O=C(O)c1nccc(N2CCC(C(F)(F)F)CC2)n1. The largest absolute Gasteiger partial charge is 0.475 e. The molecule has 2 heterocycles. The van der Waals surface area contributed by atoms with Gasteiger partial charge in [-0.05, 0) is 18.9 Å². The minimum atomic E-state index is -4.16. The molecule has 1 saturated heterocycles. The van der Waals surface area contributed by atoms with Crippen molar-refractivity contribution >= 4 is 11.8 Å². The number of aromatic carboxylic acids is 1. The van der Waals surface area contributed by atoms with Gasteiger partial charge >= 0.3 is 12.1 Å². The molecule has 0 unspecified atom stereocenters. The molecule has 1 aliphatic rings. The average molecular weight is 275 g/mol. The van der Waals surface area contributed by atoms with E-state index < -0.39 is 18.1 Å². The third kappa shape index (κ3) is 3.12. The lowest BCUT2D eigenvalue weighted by Gasteiger charge is -2.33. The first-order valence-corrected chi connectivity index (χ1v) is 5.76. The zero-order chi connectivity index (χ0) is 14.0. The molecule has 1 fully saturated rings. The number of carbonyl (C=O) groups is 1. The quantitative estimate of drug-likeness (QED) is 0.893. The number of piperidine rings is 1. The Bertz CT molecular complexity index is 470. The normalized spacial score (nSPS) is 17.5. The van der Waals surface area contributed by atoms with E-state index in [1.54, 1.807) is 4.90 Å². The highest BCUT2D eigenvalue weighted by molar-refractivity contribution is 5.83. The summed E-state index contributed by atoms with van der Waals surface area (Å²) in [5, 5.41) is 8.76. The van der Waals surface area contributed by atoms with Crippen molar-refractivity contribution in [3.05, 3.63) is 18.1 Å². The van der Waals surface area contributed by atoms with Crippen molar-refractivity contribution in [3.8, 4) is 0 Å². The predicted molar refractivity (Wildman–Crippen MR) is 60.0 cm³/mol. The van der Waals surface area contributed by atoms with Crippen molar-refractivity contribution < 1.29 is 23.1 Å². The second-order valence-electron chi connectivity index (χ2n) is 4.35. The van der Waals surface area contributed by atoms with Crippen molar-refractivity contribution in [2.45, 2.75) is 19.0 Å². The summed E-state index contributed by atoms with van der Waals surface area (Å²) in [5.41, 5.74) is 0. The molecular formula is C11H12F3N3O2. The Labute approximate surface area is 107 Å². The van der Waals surface area contributed by atoms with Gasteiger partial charge < -0.3 is 10.0 Å². The number of carboxylic acid groups (broad SMARTS) is 1. The number of nitrogens with zero attached hydrogens (tertiary/aromatic N) is 3. The molecule has 5 nitrogen and oxygen atoms in total. The predicted octanol–water partition coefficient (Wildman–Crippen LogP) is 1.95. The maximum absolute atomic E-state index is 12.5. The molecule has 0 aliphatic carbocycles. The number of hydrogen-bond donors (Lipinski definition) is 1. The Balaban J connectivity index is 2.05. The average Bonchev–Trinajstić information content (AvgIpc) is 2.38. The summed E-state index contributed by atoms with van der Waals surface area (Å²) in [6, 6.07) is 1.50. The second kappa shape index (κ2) is 5.02. The van der Waals surface area contributed by atoms with Crippen molar-refractivity contribution in [3.63, 3.8) is 0 Å². The molecule has 0 aromatic carbocycles. The summed E-state index contributed by atoms with van der Waals surface area (Å²) in [6.45, 7) is 0.417. The van der Waals surface area contributed by atoms with Gasteiger partial charge in [-0.1, -0.05) is 0 Å². The lowest BCUT2D eigenvalue weighted by molar-refractivity contribution is -0.179. The van der Waals surface area contributed by atoms with Crippen LogP contribution in [0.15, 0.2) is 12.3 Å². The van der Waals surface area contributed by atoms with Crippen LogP contribution < -0.4 is 4.90 Å². The highest BCUT2D eigenvalue weighted by Gasteiger charge is 2.41. The molecular weight excluding hydrogens is 263 g/mol. The first-order valence-electron chi connectivity index (χ1n) is 5.76. The second-order valence-corrected chi connectivity index (χ2v) is 4.35. The lowest BCUT2D eigenvalue weighted by Crippen LogP contribution is -2.39. The van der Waals surface area contributed by atoms with Crippen LogP contribution in [0.4, 0.5) is 19.0 Å². The first-order chi connectivity index (χ1) is 8.88. The van der Waals surface area contributed by atoms with E-state index in [4.69, 9.17) is 5.11 Å². The van der Waals surface area contributed by atoms with Crippen LogP contribution in [0.25, 0.3) is 0 Å². The number of rotatable bonds is 2. The van der Waals surface area contributed by atoms with Crippen LogP contribution >= 0.6 is 0 Å². The highest BCUT2D eigenvalue weighted by atomic mass is 19.4. The van der Waals surface area contributed by atoms with Crippen molar-refractivity contribution in [1.82, 2.24) is 9.97 Å². The molecule has 0 bridgehead atoms. The van der Waals surface area contributed by atoms with E-state index in [2.05, 4.69) is 9.97 Å². The topological polar surface area (TPSA) is 66.3 Å². The van der Waals surface area contributed by atoms with Crippen LogP contribution in [-0.2, 0) is 0 Å². The van der Waals surface area contributed by atoms with E-state index >= 15 is 0 Å². The standard InChI is InChI=1S/C11H12F3N3O2/c12-11(13,14)7-2-5-17(6-3-7)8-1-4-15-9(16-8)10(18)19/h1,4,7H,2-3,5-6H2,(H,18,19). The zero-order valence-corrected chi connectivity index (χ0v) is 9.89. The first kappa shape index (κ1) is 13.6. The van der Waals surface area contributed by atoms with Crippen molar-refractivity contribution in [2.24, 2.45) is 5.92 Å². The number of halogens is 3. The number of hydrogen-bond acceptors (Lipinski definition) is 4. The van der Waals surface area contributed by atoms with Gasteiger partial charge in [0.2, 0.25) is 5.82 Å². The van der Waals surface area contributed by atoms with Crippen LogP contribution in [-0.4, -0.2) is 40.3 Å². The van der Waals surface area contributed by atoms with Gasteiger partial charge in [0.05, 0.1) is 5.92 Å². The van der Waals surface area contributed by atoms with E-state index in [9.17, 15) is 18.0 Å². The Kier molecular flexibility index (Phi) is 3.59. The maximum Gasteiger partial charge on any atom is 0.391 e. The molecule has 0 spiro atoms. The lowest BCUT2D eigenvalue weighted by atomic mass is 9.96. The van der Waals surface area contributed by atoms with E-state index in [0.717, 1.165) is 0 Å². The van der Waals surface area contributed by atoms with Crippen molar-refractivity contribution in [2.75, 3.05) is 18.0 Å². The third-order valence-corrected chi connectivity index (χ3v) is 3.11. The van der Waals surface area contributed by atoms with Gasteiger partial charge in [-0.15, -0.1) is 0 Å². The molecule has 0 radical (unpaired) electrons. The summed E-state index contributed by atoms with van der Waals surface area (Å²) in [6.07, 6.45) is -2.88. The number of carboxylic acids is 1. The molecule has 104 valence electrons. The molecule has 1 aromatic heterocycles. The van der Waals surface area contributed by atoms with E-state index in [0.29, 0.717) is 5.82 Å². The fraction of sp³-hybridized carbons (Fsp3) is 0.545. The molecule has 0 saturated carbocycles. The van der Waals surface area contributed by atoms with Gasteiger partial charge in [0, 0.05) is 19.3 Å². The number of aromatic nitrogens is 2. The fourth-order valence-corrected chi connectivity index (χ4v) is 2.06. The third-order valence-electron chi connectivity index (χ3n) is 3.11. The Morgan fingerprint density at radius 3 is 2.53 bits per heavy atom. The highest BCUT2D eigenvalue weighted by Crippen LogP contribution is 2.34. The molecule has 1 N–H and O–H groups in total. The van der Waals surface area contributed by atoms with Crippen LogP contribution in [0.1, 0.15) is 23.5 Å². The molecule has 0 amide bonds. The summed E-state index contributed by atoms with van der Waals surface area (Å²) < 4.78 is 37.6. The van der Waals surface area contributed by atoms with Gasteiger partial charge in [-0.3, -0.25) is 0 Å². The molecule has 2 rings (SSSR count). The fourth-order valence-electron chi connectivity index (χ4n) is 2.06. The van der Waals surface area contributed by atoms with Crippen LogP contribution in [0.3, 0.4) is 0 Å². The molecule has 19 heavy (non-hydrogen) atoms. The molecule has 1 aliphatic heterocycles. The van der Waals surface area contributed by atoms with Gasteiger partial charge in [-0.25, -0.2) is 14.8 Å². The Hall–Kier alpha value is -1.86. The summed E-state index contributed by atoms with van der Waals surface area (Å²) in [5.74, 6) is -2.54. The van der Waals surface area contributed by atoms with Gasteiger partial charge in [0.1, 0.15) is 5.82 Å². The van der Waals surface area contributed by atoms with Crippen LogP contribution in [0, 0.1) is 5.92 Å². The number of alkyl halides is 3. The maximum atomic E-state index is 12.5. The number of anilines is 1. The molecule has 1 aromatic rings. The molecule has 0 atom stereocenters. The van der Waals surface area contributed by atoms with E-state index in [-0.39, 0.29) is 31.8 Å². The smallest absolute Gasteiger partial charge is 0.391 e. The summed E-state index contributed by atoms with van der Waals surface area (Å²) >= 11 is 0. The van der Waals surface area contributed by atoms with Crippen LogP contribution in [0.5, 0.6) is 0 Å². The Morgan fingerprint density at radius 2 is 2.00 bits per heavy atom. The van der Waals surface area contributed by atoms with Gasteiger partial charge in [-0.2, -0.15) is 13.2 Å². The summed E-state index contributed by atoms with van der Waals surface area (Å²) in [7, 11) is 0. The van der Waals surface area contributed by atoms with Crippen molar-refractivity contribution in [1.29, 1.82) is 0 Å². The van der Waals surface area contributed by atoms with Gasteiger partial charge in [0.15, 0.2) is 0 Å². The minimum Gasteiger partial charge on any atom is -0.475 e. The van der Waals surface area contributed by atoms with E-state index in [1.807, 2.05) is 0 Å². The zero-order valence-electron chi connectivity index (χ0n) is 9.89. The van der Waals surface area contributed by atoms with E-state index in [1.165, 1.54) is 12.3 Å². The summed E-state index contributed by atoms with van der Waals surface area (Å²) in [4.78, 5) is 19.8. The van der Waals surface area contributed by atoms with Crippen LogP contribution in [0.2, 0.25) is 0 Å².